The Morgan fingerprint density at radius 1 is 1.33 bits per heavy atom. The standard InChI is InChI=1S/C6H14N2P/c1-7-9(2)8-5-3-4-6-8/h3-6H2,1-2H3/q+1. The summed E-state index contributed by atoms with van der Waals surface area (Å²) in [5, 5.41) is 0. The van der Waals surface area contributed by atoms with Gasteiger partial charge >= 0.3 is 0 Å². The second-order valence-electron chi connectivity index (χ2n) is 2.35. The first kappa shape index (κ1) is 7.17. The van der Waals surface area contributed by atoms with E-state index in [1.165, 1.54) is 25.9 Å². The van der Waals surface area contributed by atoms with E-state index in [2.05, 4.69) is 16.1 Å². The minimum atomic E-state index is -0.121. The number of nitrogens with zero attached hydrogens (tertiary/aromatic N) is 2. The third-order valence-corrected chi connectivity index (χ3v) is 3.58. The molecule has 0 saturated carbocycles. The lowest BCUT2D eigenvalue weighted by molar-refractivity contribution is 0.572. The molecule has 0 aromatic heterocycles. The van der Waals surface area contributed by atoms with Crippen LogP contribution in [0.4, 0.5) is 0 Å². The van der Waals surface area contributed by atoms with Gasteiger partial charge in [0.1, 0.15) is 6.66 Å². The fourth-order valence-corrected chi connectivity index (χ4v) is 2.23. The molecule has 0 bridgehead atoms. The van der Waals surface area contributed by atoms with Crippen molar-refractivity contribution in [1.29, 1.82) is 0 Å². The summed E-state index contributed by atoms with van der Waals surface area (Å²) >= 11 is 0. The molecule has 1 aliphatic rings. The van der Waals surface area contributed by atoms with Crippen molar-refractivity contribution >= 4 is 7.86 Å². The van der Waals surface area contributed by atoms with E-state index in [0.29, 0.717) is 0 Å². The average molecular weight is 145 g/mol. The summed E-state index contributed by atoms with van der Waals surface area (Å²) < 4.78 is 6.74. The topological polar surface area (TPSA) is 15.6 Å². The van der Waals surface area contributed by atoms with E-state index in [0.717, 1.165) is 0 Å². The molecule has 1 rings (SSSR count). The summed E-state index contributed by atoms with van der Waals surface area (Å²) in [6.45, 7) is 4.78. The second-order valence-corrected chi connectivity index (χ2v) is 4.29. The monoisotopic (exact) mass is 145 g/mol. The van der Waals surface area contributed by atoms with Gasteiger partial charge in [-0.15, -0.1) is 4.67 Å². The SMILES string of the molecule is CN=[P+](C)N1CCCC1. The summed E-state index contributed by atoms with van der Waals surface area (Å²) in [5.74, 6) is 0. The lowest BCUT2D eigenvalue weighted by atomic mass is 10.4. The summed E-state index contributed by atoms with van der Waals surface area (Å²) in [7, 11) is 1.80. The molecule has 0 radical (unpaired) electrons. The zero-order valence-electron chi connectivity index (χ0n) is 6.17. The van der Waals surface area contributed by atoms with Crippen LogP contribution in [0.2, 0.25) is 0 Å². The van der Waals surface area contributed by atoms with Crippen LogP contribution in [-0.4, -0.2) is 31.5 Å². The van der Waals surface area contributed by atoms with Gasteiger partial charge in [0.2, 0.25) is 0 Å². The van der Waals surface area contributed by atoms with Crippen molar-refractivity contribution in [2.45, 2.75) is 12.8 Å². The van der Waals surface area contributed by atoms with Crippen LogP contribution in [0.3, 0.4) is 0 Å². The normalized spacial score (nSPS) is 23.1. The van der Waals surface area contributed by atoms with E-state index in [1.54, 1.807) is 0 Å². The van der Waals surface area contributed by atoms with Gasteiger partial charge in [0.25, 0.3) is 7.86 Å². The van der Waals surface area contributed by atoms with Crippen molar-refractivity contribution in [3.8, 4) is 0 Å². The van der Waals surface area contributed by atoms with Gasteiger partial charge in [-0.25, -0.2) is 0 Å². The first-order valence-corrected chi connectivity index (χ1v) is 5.12. The second kappa shape index (κ2) is 3.28. The highest BCUT2D eigenvalue weighted by Crippen LogP contribution is 2.29. The zero-order chi connectivity index (χ0) is 6.69. The molecule has 0 aliphatic carbocycles. The molecular formula is C6H14N2P+. The maximum absolute atomic E-state index is 4.26. The van der Waals surface area contributed by atoms with E-state index in [1.807, 2.05) is 7.05 Å². The highest BCUT2D eigenvalue weighted by molar-refractivity contribution is 7.43. The molecule has 1 saturated heterocycles. The molecule has 1 aliphatic heterocycles. The molecule has 1 fully saturated rings. The van der Waals surface area contributed by atoms with Crippen LogP contribution in [0.15, 0.2) is 4.74 Å². The van der Waals surface area contributed by atoms with Gasteiger partial charge in [-0.05, 0) is 12.8 Å². The van der Waals surface area contributed by atoms with Gasteiger partial charge in [0.15, 0.2) is 0 Å². The summed E-state index contributed by atoms with van der Waals surface area (Å²) in [5.41, 5.74) is 0. The first-order chi connectivity index (χ1) is 4.34. The van der Waals surface area contributed by atoms with Gasteiger partial charge in [-0.2, -0.15) is 0 Å². The highest BCUT2D eigenvalue weighted by atomic mass is 31.1. The average Bonchev–Trinajstić information content (AvgIpc) is 2.37. The van der Waals surface area contributed by atoms with Gasteiger partial charge < -0.3 is 0 Å². The third-order valence-electron chi connectivity index (χ3n) is 1.78. The van der Waals surface area contributed by atoms with Crippen LogP contribution in [0.1, 0.15) is 12.8 Å². The maximum atomic E-state index is 4.26. The van der Waals surface area contributed by atoms with E-state index in [4.69, 9.17) is 0 Å². The van der Waals surface area contributed by atoms with Gasteiger partial charge in [-0.1, -0.05) is 4.74 Å². The molecule has 1 atom stereocenters. The molecule has 0 N–H and O–H groups in total. The van der Waals surface area contributed by atoms with Crippen LogP contribution in [0.25, 0.3) is 0 Å². The maximum Gasteiger partial charge on any atom is 0.291 e. The molecule has 9 heavy (non-hydrogen) atoms. The van der Waals surface area contributed by atoms with Crippen molar-refractivity contribution in [3.05, 3.63) is 0 Å². The molecule has 0 amide bonds. The lowest BCUT2D eigenvalue weighted by Gasteiger charge is -1.99. The largest absolute Gasteiger partial charge is 0.291 e. The Bertz CT molecular complexity index is 116. The predicted octanol–water partition coefficient (Wildman–Crippen LogP) is 1.92. The number of rotatable bonds is 1. The Balaban J connectivity index is 2.42. The molecular weight excluding hydrogens is 131 g/mol. The van der Waals surface area contributed by atoms with Crippen molar-refractivity contribution in [3.63, 3.8) is 0 Å². The van der Waals surface area contributed by atoms with Crippen molar-refractivity contribution in [1.82, 2.24) is 4.67 Å². The number of hydrogen-bond donors (Lipinski definition) is 0. The lowest BCUT2D eigenvalue weighted by Crippen LogP contribution is -2.07. The summed E-state index contributed by atoms with van der Waals surface area (Å²) in [6.07, 6.45) is 2.75. The van der Waals surface area contributed by atoms with E-state index in [-0.39, 0.29) is 7.86 Å². The molecule has 3 heteroatoms. The van der Waals surface area contributed by atoms with Gasteiger partial charge in [0, 0.05) is 13.1 Å². The van der Waals surface area contributed by atoms with Crippen molar-refractivity contribution in [2.24, 2.45) is 4.74 Å². The fraction of sp³-hybridized carbons (Fsp3) is 1.00. The molecule has 0 aromatic carbocycles. The first-order valence-electron chi connectivity index (χ1n) is 3.43. The Kier molecular flexibility index (Phi) is 2.62. The van der Waals surface area contributed by atoms with Crippen LogP contribution >= 0.6 is 7.86 Å². The van der Waals surface area contributed by atoms with Gasteiger partial charge in [0.05, 0.1) is 7.05 Å². The molecule has 52 valence electrons. The van der Waals surface area contributed by atoms with Crippen molar-refractivity contribution < 1.29 is 0 Å². The molecule has 1 heterocycles. The zero-order valence-corrected chi connectivity index (χ0v) is 7.06. The van der Waals surface area contributed by atoms with Crippen LogP contribution in [0.5, 0.6) is 0 Å². The third kappa shape index (κ3) is 1.74. The van der Waals surface area contributed by atoms with E-state index < -0.39 is 0 Å². The van der Waals surface area contributed by atoms with Crippen LogP contribution in [0, 0.1) is 0 Å². The molecule has 0 aromatic rings. The highest BCUT2D eigenvalue weighted by Gasteiger charge is 2.21. The summed E-state index contributed by atoms with van der Waals surface area (Å²) in [4.78, 5) is 0. The minimum absolute atomic E-state index is 0.121. The molecule has 0 spiro atoms. The van der Waals surface area contributed by atoms with Crippen LogP contribution < -0.4 is 0 Å². The Labute approximate surface area is 57.8 Å². The van der Waals surface area contributed by atoms with Crippen LogP contribution in [-0.2, 0) is 0 Å². The van der Waals surface area contributed by atoms with Crippen molar-refractivity contribution in [2.75, 3.05) is 26.8 Å². The minimum Gasteiger partial charge on any atom is -0.114 e. The Hall–Kier alpha value is 0.0600. The predicted molar refractivity (Wildman–Crippen MR) is 42.0 cm³/mol. The van der Waals surface area contributed by atoms with Gasteiger partial charge in [-0.3, -0.25) is 0 Å². The smallest absolute Gasteiger partial charge is 0.114 e. The van der Waals surface area contributed by atoms with E-state index >= 15 is 0 Å². The Morgan fingerprint density at radius 2 is 1.89 bits per heavy atom. The fourth-order valence-electron chi connectivity index (χ4n) is 1.12. The number of hydrogen-bond acceptors (Lipinski definition) is 1. The Morgan fingerprint density at radius 3 is 2.33 bits per heavy atom. The van der Waals surface area contributed by atoms with E-state index in [9.17, 15) is 0 Å². The summed E-state index contributed by atoms with van der Waals surface area (Å²) in [6, 6.07) is 0. The molecule has 1 unspecified atom stereocenters. The molecule has 2 nitrogen and oxygen atoms in total. The quantitative estimate of drug-likeness (QED) is 0.515.